The van der Waals surface area contributed by atoms with E-state index in [1.165, 1.54) is 0 Å². The molecule has 1 aromatic rings. The fraction of sp³-hybridized carbons (Fsp3) is 0.734. The fourth-order valence-corrected chi connectivity index (χ4v) is 11.6. The van der Waals surface area contributed by atoms with Crippen LogP contribution in [0.2, 0.25) is 0 Å². The number of nitrogens with one attached hydrogen (secondary N) is 15. The molecule has 39 heteroatoms. The van der Waals surface area contributed by atoms with E-state index in [0.717, 1.165) is 39.5 Å². The Bertz CT molecular complexity index is 3400. The van der Waals surface area contributed by atoms with Crippen molar-refractivity contribution in [2.24, 2.45) is 17.4 Å². The summed E-state index contributed by atoms with van der Waals surface area (Å²) >= 11 is 0. The van der Waals surface area contributed by atoms with Gasteiger partial charge in [0, 0.05) is 64.6 Å². The molecule has 1 aliphatic heterocycles. The molecule has 21 N–H and O–H groups in total. The Balaban J connectivity index is 3.04. The first-order chi connectivity index (χ1) is 55.0. The van der Waals surface area contributed by atoms with Crippen molar-refractivity contribution in [3.05, 3.63) is 35.9 Å². The van der Waals surface area contributed by atoms with Crippen LogP contribution in [0.3, 0.4) is 0 Å². The van der Waals surface area contributed by atoms with Crippen molar-refractivity contribution in [3.8, 4) is 0 Å². The first-order valence-corrected chi connectivity index (χ1v) is 40.7. The van der Waals surface area contributed by atoms with Crippen LogP contribution in [0.15, 0.2) is 30.3 Å². The standard InChI is InChI=1S/C79H137N17O22/c1-18-19-20-21-25-28-59(99)114-58(30-37-81)69(107)91-52(29-36-80)65(103)96-61(48(5)98)71(109)92-53(33-40-84-73(111)116-77(9,10)11)63(101)88-50-31-38-82-70(108)60(47(4)97)95-66(104)55(35-42-86-75(113)118-79(15,16)17)89-64(102)54(34-41-85-74(112)117-78(12,13)14)90-67(105)56(43-46(2)3)93-68(106)57(44-49-26-23-22-24-27-49)94-62(100)51(87-45-50)32-39-83-72(110)115-76(6,7)8/h22-24,26-27,46-48,50-58,60-61,87,97-98H,18-21,25,28-45,80-81H2,1-17H3,(H,82,108)(H,83,110)(H,84,111)(H,85,112)(H,86,113)(H,88,101)(H,89,102)(H,90,105)(H,91,107)(H,92,109)(H,93,106)(H,94,100)(H,95,104)(H,96,103)/t47?,48?,50-,51-,52-,53-,54-,55-,56-,57+,58-,60-,61-/m0/s1. The highest BCUT2D eigenvalue weighted by atomic mass is 16.6. The van der Waals surface area contributed by atoms with Crippen LogP contribution in [0.5, 0.6) is 0 Å². The van der Waals surface area contributed by atoms with E-state index in [2.05, 4.69) is 79.8 Å². The van der Waals surface area contributed by atoms with Crippen molar-refractivity contribution in [3.63, 3.8) is 0 Å². The fourth-order valence-electron chi connectivity index (χ4n) is 11.6. The number of nitrogens with two attached hydrogens (primary N) is 2. The second-order valence-electron chi connectivity index (χ2n) is 33.6. The largest absolute Gasteiger partial charge is 0.452 e. The highest BCUT2D eigenvalue weighted by molar-refractivity contribution is 5.98. The normalized spacial score (nSPS) is 20.0. The molecule has 0 radical (unpaired) electrons. The number of esters is 1. The molecular weight excluding hydrogens is 1540 g/mol. The molecular formula is C79H137N17O22. The summed E-state index contributed by atoms with van der Waals surface area (Å²) in [5.74, 6) is -11.1. The lowest BCUT2D eigenvalue weighted by molar-refractivity contribution is -0.156. The molecule has 1 fully saturated rings. The SMILES string of the molecule is CCCCCCCC(=O)O[C@@H](CCN)C(=O)N[C@@H](CCN)C(=O)N[C@H](C(=O)N[C@@H](CCNC(=O)OC(C)(C)C)C(=O)N[C@H]1CCNC(=O)[C@H](C(C)O)NC(=O)[C@H](CCNC(=O)OC(C)(C)C)NC(=O)[C@H](CCNC(=O)OC(C)(C)C)NC(=O)[C@H](CC(C)C)NC(=O)[C@@H](Cc2ccccc2)NC(=O)[C@H](CCNC(=O)OC(C)(C)C)NC1)C(C)O. The number of amides is 14. The number of aliphatic hydroxyl groups is 2. The van der Waals surface area contributed by atoms with Gasteiger partial charge in [0.15, 0.2) is 6.10 Å². The molecule has 1 aromatic carbocycles. The average molecular weight is 1680 g/mol. The number of ether oxygens (including phenoxy) is 5. The van der Waals surface area contributed by atoms with Gasteiger partial charge in [0.1, 0.15) is 70.7 Å². The number of rotatable bonds is 37. The van der Waals surface area contributed by atoms with Crippen molar-refractivity contribution in [2.75, 3.05) is 52.4 Å². The van der Waals surface area contributed by atoms with Gasteiger partial charge in [0.25, 0.3) is 5.91 Å². The van der Waals surface area contributed by atoms with E-state index in [9.17, 15) is 67.7 Å². The van der Waals surface area contributed by atoms with Crippen LogP contribution in [-0.2, 0) is 82.8 Å². The Hall–Kier alpha value is -9.73. The summed E-state index contributed by atoms with van der Waals surface area (Å²) in [5.41, 5.74) is 8.33. The van der Waals surface area contributed by atoms with E-state index in [4.69, 9.17) is 35.2 Å². The number of carbonyl (C=O) groups is 15. The highest BCUT2D eigenvalue weighted by Crippen LogP contribution is 2.16. The van der Waals surface area contributed by atoms with Crippen LogP contribution in [0.1, 0.15) is 213 Å². The maximum Gasteiger partial charge on any atom is 0.407 e. The molecule has 2 rings (SSSR count). The van der Waals surface area contributed by atoms with Crippen molar-refractivity contribution < 1.29 is 106 Å². The van der Waals surface area contributed by atoms with Gasteiger partial charge in [-0.1, -0.05) is 76.8 Å². The molecule has 1 saturated heterocycles. The van der Waals surface area contributed by atoms with E-state index in [1.54, 1.807) is 127 Å². The van der Waals surface area contributed by atoms with Crippen LogP contribution in [-0.4, -0.2) is 253 Å². The van der Waals surface area contributed by atoms with Crippen molar-refractivity contribution in [1.82, 2.24) is 79.8 Å². The Morgan fingerprint density at radius 2 is 0.941 bits per heavy atom. The monoisotopic (exact) mass is 1680 g/mol. The first kappa shape index (κ1) is 104. The predicted molar refractivity (Wildman–Crippen MR) is 436 cm³/mol. The summed E-state index contributed by atoms with van der Waals surface area (Å²) in [6.45, 7) is 24.6. The molecule has 118 heavy (non-hydrogen) atoms. The van der Waals surface area contributed by atoms with Crippen molar-refractivity contribution >= 4 is 89.4 Å². The second-order valence-corrected chi connectivity index (χ2v) is 33.6. The Morgan fingerprint density at radius 3 is 1.42 bits per heavy atom. The average Bonchev–Trinajstić information content (AvgIpc) is 0.971. The Morgan fingerprint density at radius 1 is 0.500 bits per heavy atom. The number of hydrogen-bond donors (Lipinski definition) is 19. The van der Waals surface area contributed by atoms with Gasteiger partial charge in [-0.15, -0.1) is 0 Å². The van der Waals surface area contributed by atoms with Gasteiger partial charge in [0.2, 0.25) is 53.2 Å². The van der Waals surface area contributed by atoms with Gasteiger partial charge in [-0.05, 0) is 173 Å². The maximum absolute atomic E-state index is 15.2. The highest BCUT2D eigenvalue weighted by Gasteiger charge is 2.39. The van der Waals surface area contributed by atoms with Gasteiger partial charge in [-0.3, -0.25) is 52.7 Å². The van der Waals surface area contributed by atoms with Crippen LogP contribution in [0, 0.1) is 5.92 Å². The summed E-state index contributed by atoms with van der Waals surface area (Å²) in [4.78, 5) is 212. The van der Waals surface area contributed by atoms with E-state index < -0.39 is 223 Å². The summed E-state index contributed by atoms with van der Waals surface area (Å²) in [5, 5.41) is 61.9. The lowest BCUT2D eigenvalue weighted by Crippen LogP contribution is -2.61. The van der Waals surface area contributed by atoms with Gasteiger partial charge < -0.3 is 125 Å². The first-order valence-electron chi connectivity index (χ1n) is 40.7. The van der Waals surface area contributed by atoms with E-state index in [-0.39, 0.29) is 90.0 Å². The topological polar surface area (TPSA) is 575 Å². The lowest BCUT2D eigenvalue weighted by atomic mass is 10.00. The summed E-state index contributed by atoms with van der Waals surface area (Å²) in [7, 11) is 0. The van der Waals surface area contributed by atoms with E-state index in [0.29, 0.717) is 12.0 Å². The minimum Gasteiger partial charge on any atom is -0.452 e. The zero-order chi connectivity index (χ0) is 89.3. The predicted octanol–water partition coefficient (Wildman–Crippen LogP) is 0.507. The number of alkyl carbamates (subject to hydrolysis) is 4. The van der Waals surface area contributed by atoms with Crippen LogP contribution < -0.4 is 91.2 Å². The molecule has 0 spiro atoms. The number of aliphatic hydroxyl groups excluding tert-OH is 2. The quantitative estimate of drug-likeness (QED) is 0.0245. The number of carbonyl (C=O) groups excluding carboxylic acids is 15. The zero-order valence-electron chi connectivity index (χ0n) is 71.9. The molecule has 2 unspecified atom stereocenters. The van der Waals surface area contributed by atoms with Crippen LogP contribution >= 0.6 is 0 Å². The summed E-state index contributed by atoms with van der Waals surface area (Å²) in [6.07, 6.45) is -6.85. The van der Waals surface area contributed by atoms with Crippen LogP contribution in [0.4, 0.5) is 19.2 Å². The van der Waals surface area contributed by atoms with Crippen LogP contribution in [0.25, 0.3) is 0 Å². The molecule has 670 valence electrons. The number of hydrogen-bond acceptors (Lipinski definition) is 25. The van der Waals surface area contributed by atoms with E-state index >= 15 is 14.4 Å². The molecule has 1 heterocycles. The number of unbranched alkanes of at least 4 members (excludes halogenated alkanes) is 4. The molecule has 0 bridgehead atoms. The van der Waals surface area contributed by atoms with Gasteiger partial charge in [-0.2, -0.15) is 0 Å². The minimum atomic E-state index is -1.90. The smallest absolute Gasteiger partial charge is 0.407 e. The number of benzene rings is 1. The Labute approximate surface area is 693 Å². The molecule has 39 nitrogen and oxygen atoms in total. The van der Waals surface area contributed by atoms with Crippen molar-refractivity contribution in [2.45, 2.75) is 315 Å². The van der Waals surface area contributed by atoms with E-state index in [1.807, 2.05) is 6.92 Å². The molecule has 13 atom stereocenters. The summed E-state index contributed by atoms with van der Waals surface area (Å²) < 4.78 is 27.2. The molecule has 0 aliphatic carbocycles. The van der Waals surface area contributed by atoms with Gasteiger partial charge >= 0.3 is 30.3 Å². The molecule has 0 saturated carbocycles. The second kappa shape index (κ2) is 52.2. The maximum atomic E-state index is 15.2. The Kier molecular flexibility index (Phi) is 46.2. The third kappa shape index (κ3) is 44.7. The minimum absolute atomic E-state index is 0.0186. The third-order valence-electron chi connectivity index (χ3n) is 17.3. The zero-order valence-corrected chi connectivity index (χ0v) is 71.9. The molecule has 0 aromatic heterocycles. The molecule has 1 aliphatic rings. The summed E-state index contributed by atoms with van der Waals surface area (Å²) in [6, 6.07) is -7.57. The lowest BCUT2D eigenvalue weighted by Gasteiger charge is -2.29. The van der Waals surface area contributed by atoms with Gasteiger partial charge in [-0.25, -0.2) is 19.2 Å². The third-order valence-corrected chi connectivity index (χ3v) is 17.3. The molecule has 14 amide bonds. The van der Waals surface area contributed by atoms with Gasteiger partial charge in [0.05, 0.1) is 18.2 Å². The van der Waals surface area contributed by atoms with Crippen molar-refractivity contribution in [1.29, 1.82) is 0 Å².